The predicted octanol–water partition coefficient (Wildman–Crippen LogP) is 2.87. The van der Waals surface area contributed by atoms with Gasteiger partial charge in [0, 0.05) is 0 Å². The summed E-state index contributed by atoms with van der Waals surface area (Å²) < 4.78 is 22.1. The normalized spacial score (nSPS) is 19.5. The van der Waals surface area contributed by atoms with Crippen LogP contribution in [0, 0.1) is 0 Å². The number of nitrogens with one attached hydrogen (secondary N) is 1. The van der Waals surface area contributed by atoms with Crippen molar-refractivity contribution in [2.75, 3.05) is 19.8 Å². The molecule has 3 heterocycles. The summed E-state index contributed by atoms with van der Waals surface area (Å²) in [6.45, 7) is 4.75. The molecule has 3 aromatic rings. The maximum Gasteiger partial charge on any atom is 0.325 e. The molecule has 10 nitrogen and oxygen atoms in total. The molecule has 0 saturated carbocycles. The van der Waals surface area contributed by atoms with E-state index in [1.807, 2.05) is 31.2 Å². The molecule has 1 aromatic heterocycles. The van der Waals surface area contributed by atoms with E-state index in [0.717, 1.165) is 4.90 Å². The molecule has 2 aliphatic rings. The van der Waals surface area contributed by atoms with Gasteiger partial charge in [-0.3, -0.25) is 9.69 Å². The Morgan fingerprint density at radius 2 is 1.91 bits per heavy atom. The van der Waals surface area contributed by atoms with Crippen molar-refractivity contribution in [1.29, 1.82) is 0 Å². The second kappa shape index (κ2) is 8.12. The average molecular weight is 450 g/mol. The first kappa shape index (κ1) is 20.8. The highest BCUT2D eigenvalue weighted by molar-refractivity contribution is 6.07. The smallest absolute Gasteiger partial charge is 0.325 e. The summed E-state index contributed by atoms with van der Waals surface area (Å²) in [7, 11) is 0. The van der Waals surface area contributed by atoms with Crippen LogP contribution in [0.1, 0.15) is 25.3 Å². The summed E-state index contributed by atoms with van der Waals surface area (Å²) in [6, 6.07) is 11.9. The lowest BCUT2D eigenvalue weighted by Crippen LogP contribution is -2.41. The lowest BCUT2D eigenvalue weighted by molar-refractivity contribution is -0.131. The molecule has 1 N–H and O–H groups in total. The topological polar surface area (TPSA) is 116 Å². The number of fused-ring (bicyclic) bond motifs is 1. The van der Waals surface area contributed by atoms with Gasteiger partial charge in [0.05, 0.1) is 12.2 Å². The van der Waals surface area contributed by atoms with Gasteiger partial charge in [-0.2, -0.15) is 4.98 Å². The number of carbonyl (C=O) groups is 2. The molecular weight excluding hydrogens is 428 g/mol. The van der Waals surface area contributed by atoms with Gasteiger partial charge in [0.1, 0.15) is 31.0 Å². The maximum absolute atomic E-state index is 13.3. The molecule has 33 heavy (non-hydrogen) atoms. The molecule has 0 aliphatic carbocycles. The van der Waals surface area contributed by atoms with Crippen LogP contribution < -0.4 is 19.5 Å². The Kier molecular flexibility index (Phi) is 5.12. The number of rotatable bonds is 6. The van der Waals surface area contributed by atoms with Gasteiger partial charge in [-0.15, -0.1) is 0 Å². The number of hydrogen-bond donors (Lipinski definition) is 1. The monoisotopic (exact) mass is 450 g/mol. The number of benzene rings is 2. The van der Waals surface area contributed by atoms with Gasteiger partial charge in [0.15, 0.2) is 11.5 Å². The van der Waals surface area contributed by atoms with Gasteiger partial charge < -0.3 is 24.1 Å². The second-order valence-corrected chi connectivity index (χ2v) is 7.75. The molecule has 1 atom stereocenters. The number of para-hydroxylation sites is 1. The number of nitrogens with zero attached hydrogens (tertiary/aromatic N) is 3. The standard InChI is InChI=1S/C23H22N4O6/c1-3-30-16-7-5-4-6-15(16)20-24-19(33-26-20)13-27-21(28)23(2,25-22(27)29)14-8-9-17-18(12-14)32-11-10-31-17/h4-9,12H,3,10-11,13H2,1-2H3,(H,25,29). The molecule has 1 unspecified atom stereocenters. The van der Waals surface area contributed by atoms with Crippen molar-refractivity contribution in [3.8, 4) is 28.6 Å². The number of aromatic nitrogens is 2. The Morgan fingerprint density at radius 3 is 2.73 bits per heavy atom. The van der Waals surface area contributed by atoms with Crippen molar-refractivity contribution in [1.82, 2.24) is 20.4 Å². The summed E-state index contributed by atoms with van der Waals surface area (Å²) >= 11 is 0. The highest BCUT2D eigenvalue weighted by Gasteiger charge is 2.49. The summed E-state index contributed by atoms with van der Waals surface area (Å²) in [5, 5.41) is 6.77. The lowest BCUT2D eigenvalue weighted by atomic mass is 9.91. The van der Waals surface area contributed by atoms with Gasteiger partial charge >= 0.3 is 6.03 Å². The summed E-state index contributed by atoms with van der Waals surface area (Å²) in [4.78, 5) is 31.4. The van der Waals surface area contributed by atoms with E-state index in [-0.39, 0.29) is 12.4 Å². The van der Waals surface area contributed by atoms with E-state index >= 15 is 0 Å². The van der Waals surface area contributed by atoms with E-state index in [0.29, 0.717) is 54.0 Å². The SMILES string of the molecule is CCOc1ccccc1-c1noc(CN2C(=O)NC(C)(c3ccc4c(c3)OCCO4)C2=O)n1. The lowest BCUT2D eigenvalue weighted by Gasteiger charge is -2.25. The Labute approximate surface area is 189 Å². The molecule has 0 bridgehead atoms. The second-order valence-electron chi connectivity index (χ2n) is 7.75. The van der Waals surface area contributed by atoms with Crippen LogP contribution in [0.4, 0.5) is 4.79 Å². The molecule has 170 valence electrons. The van der Waals surface area contributed by atoms with Gasteiger partial charge in [0.25, 0.3) is 5.91 Å². The van der Waals surface area contributed by atoms with Crippen LogP contribution in [-0.4, -0.2) is 46.8 Å². The molecule has 2 aromatic carbocycles. The summed E-state index contributed by atoms with van der Waals surface area (Å²) in [6.07, 6.45) is 0. The van der Waals surface area contributed by atoms with Crippen molar-refractivity contribution in [2.45, 2.75) is 25.9 Å². The zero-order valence-electron chi connectivity index (χ0n) is 18.2. The third-order valence-corrected chi connectivity index (χ3v) is 5.58. The van der Waals surface area contributed by atoms with E-state index < -0.39 is 17.5 Å². The third kappa shape index (κ3) is 3.63. The minimum absolute atomic E-state index is 0.131. The van der Waals surface area contributed by atoms with E-state index in [1.54, 1.807) is 25.1 Å². The van der Waals surface area contributed by atoms with Crippen LogP contribution >= 0.6 is 0 Å². The van der Waals surface area contributed by atoms with Crippen LogP contribution in [0.3, 0.4) is 0 Å². The predicted molar refractivity (Wildman–Crippen MR) is 115 cm³/mol. The number of carbonyl (C=O) groups excluding carboxylic acids is 2. The van der Waals surface area contributed by atoms with Gasteiger partial charge in [-0.25, -0.2) is 4.79 Å². The Balaban J connectivity index is 1.38. The first-order valence-electron chi connectivity index (χ1n) is 10.6. The number of hydrogen-bond acceptors (Lipinski definition) is 8. The molecule has 5 rings (SSSR count). The van der Waals surface area contributed by atoms with E-state index in [1.165, 1.54) is 0 Å². The fourth-order valence-electron chi connectivity index (χ4n) is 3.89. The summed E-state index contributed by atoms with van der Waals surface area (Å²) in [5.41, 5.74) is -0.0192. The number of ether oxygens (including phenoxy) is 3. The largest absolute Gasteiger partial charge is 0.493 e. The maximum atomic E-state index is 13.3. The molecule has 3 amide bonds. The van der Waals surface area contributed by atoms with E-state index in [9.17, 15) is 9.59 Å². The van der Waals surface area contributed by atoms with Crippen LogP contribution in [0.15, 0.2) is 47.0 Å². The zero-order chi connectivity index (χ0) is 23.0. The van der Waals surface area contributed by atoms with Gasteiger partial charge in [-0.05, 0) is 43.7 Å². The fourth-order valence-corrected chi connectivity index (χ4v) is 3.89. The number of amides is 3. The molecule has 0 radical (unpaired) electrons. The molecule has 0 spiro atoms. The number of imide groups is 1. The third-order valence-electron chi connectivity index (χ3n) is 5.58. The van der Waals surface area contributed by atoms with Crippen LogP contribution in [0.5, 0.6) is 17.2 Å². The van der Waals surface area contributed by atoms with Crippen molar-refractivity contribution in [2.24, 2.45) is 0 Å². The highest BCUT2D eigenvalue weighted by Crippen LogP contribution is 2.37. The van der Waals surface area contributed by atoms with Crippen molar-refractivity contribution < 1.29 is 28.3 Å². The molecule has 10 heteroatoms. The Bertz CT molecular complexity index is 1230. The fraction of sp³-hybridized carbons (Fsp3) is 0.304. The molecule has 1 fully saturated rings. The Morgan fingerprint density at radius 1 is 1.12 bits per heavy atom. The van der Waals surface area contributed by atoms with Gasteiger partial charge in [-0.1, -0.05) is 23.4 Å². The van der Waals surface area contributed by atoms with Crippen molar-refractivity contribution in [3.63, 3.8) is 0 Å². The van der Waals surface area contributed by atoms with Crippen LogP contribution in [0.25, 0.3) is 11.4 Å². The van der Waals surface area contributed by atoms with Crippen molar-refractivity contribution >= 4 is 11.9 Å². The zero-order valence-corrected chi connectivity index (χ0v) is 18.2. The minimum atomic E-state index is -1.27. The van der Waals surface area contributed by atoms with E-state index in [2.05, 4.69) is 15.5 Å². The number of urea groups is 1. The molecular formula is C23H22N4O6. The first-order valence-corrected chi connectivity index (χ1v) is 10.6. The van der Waals surface area contributed by atoms with Gasteiger partial charge in [0.2, 0.25) is 11.7 Å². The van der Waals surface area contributed by atoms with E-state index in [4.69, 9.17) is 18.7 Å². The van der Waals surface area contributed by atoms with Crippen LogP contribution in [-0.2, 0) is 16.9 Å². The van der Waals surface area contributed by atoms with Crippen molar-refractivity contribution in [3.05, 3.63) is 53.9 Å². The highest BCUT2D eigenvalue weighted by atomic mass is 16.6. The molecule has 2 aliphatic heterocycles. The minimum Gasteiger partial charge on any atom is -0.493 e. The Hall–Kier alpha value is -4.08. The molecule has 1 saturated heterocycles. The van der Waals surface area contributed by atoms with Crippen LogP contribution in [0.2, 0.25) is 0 Å². The quantitative estimate of drug-likeness (QED) is 0.570. The summed E-state index contributed by atoms with van der Waals surface area (Å²) in [5.74, 6) is 1.78. The first-order chi connectivity index (χ1) is 16.0. The average Bonchev–Trinajstić information content (AvgIpc) is 3.38.